The van der Waals surface area contributed by atoms with Gasteiger partial charge in [-0.2, -0.15) is 0 Å². The number of rotatable bonds is 5. The van der Waals surface area contributed by atoms with Crippen molar-refractivity contribution in [1.82, 2.24) is 4.90 Å². The second-order valence-corrected chi connectivity index (χ2v) is 3.88. The first-order valence-electron chi connectivity index (χ1n) is 5.62. The van der Waals surface area contributed by atoms with E-state index in [1.54, 1.807) is 0 Å². The summed E-state index contributed by atoms with van der Waals surface area (Å²) in [4.78, 5) is 2.14. The highest BCUT2D eigenvalue weighted by atomic mass is 16.5. The molecule has 0 aromatic rings. The molecule has 0 radical (unpaired) electrons. The van der Waals surface area contributed by atoms with Crippen molar-refractivity contribution in [3.05, 3.63) is 36.2 Å². The predicted molar refractivity (Wildman–Crippen MR) is 64.4 cm³/mol. The maximum Gasteiger partial charge on any atom is 0.0601 e. The van der Waals surface area contributed by atoms with E-state index in [2.05, 4.69) is 44.1 Å². The van der Waals surface area contributed by atoms with Crippen LogP contribution in [0.15, 0.2) is 36.2 Å². The number of hydrogen-bond acceptors (Lipinski definition) is 2. The second kappa shape index (κ2) is 6.46. The lowest BCUT2D eigenvalue weighted by atomic mass is 10.2. The van der Waals surface area contributed by atoms with E-state index < -0.39 is 0 Å². The van der Waals surface area contributed by atoms with Crippen molar-refractivity contribution in [1.29, 1.82) is 0 Å². The van der Waals surface area contributed by atoms with E-state index in [1.807, 2.05) is 12.2 Å². The van der Waals surface area contributed by atoms with Crippen LogP contribution < -0.4 is 0 Å². The minimum atomic E-state index is 0.290. The fourth-order valence-electron chi connectivity index (χ4n) is 1.51. The van der Waals surface area contributed by atoms with Crippen LogP contribution in [0, 0.1) is 0 Å². The van der Waals surface area contributed by atoms with Crippen LogP contribution in [0.2, 0.25) is 0 Å². The summed E-state index contributed by atoms with van der Waals surface area (Å²) in [5.74, 6) is 0. The largest absolute Gasteiger partial charge is 0.378 e. The lowest BCUT2D eigenvalue weighted by Crippen LogP contribution is -2.17. The van der Waals surface area contributed by atoms with Crippen molar-refractivity contribution in [3.63, 3.8) is 0 Å². The number of hydrogen-bond donors (Lipinski definition) is 0. The first-order chi connectivity index (χ1) is 7.24. The Hall–Kier alpha value is -1.02. The average molecular weight is 207 g/mol. The molecular formula is C13H21NO. The number of allylic oxidation sites excluding steroid dienone is 4. The molecule has 1 rings (SSSR count). The van der Waals surface area contributed by atoms with Gasteiger partial charge in [-0.25, -0.2) is 0 Å². The fourth-order valence-corrected chi connectivity index (χ4v) is 1.51. The molecule has 15 heavy (non-hydrogen) atoms. The fraction of sp³-hybridized carbons (Fsp3) is 0.538. The molecule has 0 bridgehead atoms. The molecule has 1 aliphatic rings. The van der Waals surface area contributed by atoms with Gasteiger partial charge in [0.05, 0.1) is 6.10 Å². The van der Waals surface area contributed by atoms with Crippen molar-refractivity contribution in [3.8, 4) is 0 Å². The van der Waals surface area contributed by atoms with Crippen LogP contribution in [0.5, 0.6) is 0 Å². The summed E-state index contributed by atoms with van der Waals surface area (Å²) in [5, 5.41) is 0. The third-order valence-electron chi connectivity index (χ3n) is 2.38. The highest BCUT2D eigenvalue weighted by Gasteiger charge is 2.08. The minimum absolute atomic E-state index is 0.290. The van der Waals surface area contributed by atoms with Crippen molar-refractivity contribution in [2.45, 2.75) is 32.8 Å². The molecule has 2 heteroatoms. The molecular weight excluding hydrogens is 186 g/mol. The summed E-state index contributed by atoms with van der Waals surface area (Å²) in [6.45, 7) is 5.11. The van der Waals surface area contributed by atoms with E-state index >= 15 is 0 Å². The quantitative estimate of drug-likeness (QED) is 0.687. The molecule has 1 unspecified atom stereocenters. The zero-order chi connectivity index (χ0) is 11.1. The Kier molecular flexibility index (Phi) is 5.19. The van der Waals surface area contributed by atoms with Gasteiger partial charge in [0.1, 0.15) is 0 Å². The van der Waals surface area contributed by atoms with Crippen LogP contribution in [-0.2, 0) is 4.74 Å². The molecule has 1 aliphatic heterocycles. The molecule has 0 aromatic carbocycles. The van der Waals surface area contributed by atoms with E-state index in [9.17, 15) is 0 Å². The lowest BCUT2D eigenvalue weighted by Gasteiger charge is -2.21. The Morgan fingerprint density at radius 1 is 1.33 bits per heavy atom. The highest BCUT2D eigenvalue weighted by Crippen LogP contribution is 2.14. The second-order valence-electron chi connectivity index (χ2n) is 3.88. The van der Waals surface area contributed by atoms with E-state index in [0.717, 1.165) is 19.4 Å². The summed E-state index contributed by atoms with van der Waals surface area (Å²) in [6, 6.07) is 0. The van der Waals surface area contributed by atoms with Gasteiger partial charge in [-0.15, -0.1) is 0 Å². The van der Waals surface area contributed by atoms with Crippen molar-refractivity contribution < 1.29 is 4.74 Å². The van der Waals surface area contributed by atoms with Crippen molar-refractivity contribution in [2.75, 3.05) is 13.7 Å². The molecule has 0 spiro atoms. The minimum Gasteiger partial charge on any atom is -0.378 e. The van der Waals surface area contributed by atoms with E-state index in [-0.39, 0.29) is 0 Å². The molecule has 0 aromatic heterocycles. The smallest absolute Gasteiger partial charge is 0.0601 e. The third-order valence-corrected chi connectivity index (χ3v) is 2.38. The molecule has 0 fully saturated rings. The van der Waals surface area contributed by atoms with Gasteiger partial charge in [0.25, 0.3) is 0 Å². The van der Waals surface area contributed by atoms with E-state index in [4.69, 9.17) is 4.74 Å². The van der Waals surface area contributed by atoms with E-state index in [0.29, 0.717) is 6.10 Å². The first kappa shape index (κ1) is 12.1. The monoisotopic (exact) mass is 207 g/mol. The predicted octanol–water partition coefficient (Wildman–Crippen LogP) is 3.09. The normalized spacial score (nSPS) is 17.5. The molecule has 1 atom stereocenters. The van der Waals surface area contributed by atoms with Crippen LogP contribution in [0.25, 0.3) is 0 Å². The molecule has 0 aliphatic carbocycles. The van der Waals surface area contributed by atoms with Crippen LogP contribution >= 0.6 is 0 Å². The Morgan fingerprint density at radius 2 is 2.13 bits per heavy atom. The SMILES string of the molecule is CCCOC(C)CC1=CC=CC=CN1C. The third kappa shape index (κ3) is 4.34. The van der Waals surface area contributed by atoms with Crippen LogP contribution in [0.3, 0.4) is 0 Å². The molecule has 1 heterocycles. The molecule has 0 saturated heterocycles. The Labute approximate surface area is 92.9 Å². The van der Waals surface area contributed by atoms with Gasteiger partial charge < -0.3 is 9.64 Å². The summed E-state index contributed by atoms with van der Waals surface area (Å²) in [5.41, 5.74) is 1.30. The summed E-state index contributed by atoms with van der Waals surface area (Å²) >= 11 is 0. The van der Waals surface area contributed by atoms with Crippen molar-refractivity contribution in [2.24, 2.45) is 0 Å². The van der Waals surface area contributed by atoms with Gasteiger partial charge in [0.2, 0.25) is 0 Å². The first-order valence-corrected chi connectivity index (χ1v) is 5.62. The van der Waals surface area contributed by atoms with Gasteiger partial charge >= 0.3 is 0 Å². The number of ether oxygens (including phenoxy) is 1. The van der Waals surface area contributed by atoms with Crippen LogP contribution in [0.4, 0.5) is 0 Å². The Morgan fingerprint density at radius 3 is 2.87 bits per heavy atom. The lowest BCUT2D eigenvalue weighted by molar-refractivity contribution is 0.0638. The Balaban J connectivity index is 2.45. The standard InChI is InChI=1S/C13H21NO/c1-4-10-15-12(2)11-13-8-6-5-7-9-14(13)3/h5-9,12H,4,10-11H2,1-3H3. The maximum atomic E-state index is 5.67. The molecule has 2 nitrogen and oxygen atoms in total. The van der Waals surface area contributed by atoms with Crippen molar-refractivity contribution >= 4 is 0 Å². The average Bonchev–Trinajstić information content (AvgIpc) is 2.42. The van der Waals surface area contributed by atoms with Gasteiger partial charge in [-0.05, 0) is 25.5 Å². The van der Waals surface area contributed by atoms with Gasteiger partial charge in [-0.3, -0.25) is 0 Å². The summed E-state index contributed by atoms with van der Waals surface area (Å²) < 4.78 is 5.67. The molecule has 0 amide bonds. The molecule has 0 N–H and O–H groups in total. The zero-order valence-corrected chi connectivity index (χ0v) is 9.94. The highest BCUT2D eigenvalue weighted by molar-refractivity contribution is 5.21. The number of nitrogens with zero attached hydrogens (tertiary/aromatic N) is 1. The van der Waals surface area contributed by atoms with Crippen LogP contribution in [0.1, 0.15) is 26.7 Å². The van der Waals surface area contributed by atoms with Gasteiger partial charge in [-0.1, -0.05) is 19.1 Å². The van der Waals surface area contributed by atoms with Gasteiger partial charge in [0, 0.05) is 32.0 Å². The molecule has 0 saturated carbocycles. The van der Waals surface area contributed by atoms with Gasteiger partial charge in [0.15, 0.2) is 0 Å². The van der Waals surface area contributed by atoms with Crippen LogP contribution in [-0.4, -0.2) is 24.7 Å². The topological polar surface area (TPSA) is 12.5 Å². The molecule has 84 valence electrons. The Bertz CT molecular complexity index is 266. The van der Waals surface area contributed by atoms with E-state index in [1.165, 1.54) is 5.70 Å². The summed E-state index contributed by atoms with van der Waals surface area (Å²) in [6.07, 6.45) is 12.7. The zero-order valence-electron chi connectivity index (χ0n) is 9.94. The summed E-state index contributed by atoms with van der Waals surface area (Å²) in [7, 11) is 2.07. The maximum absolute atomic E-state index is 5.67.